The largest absolute Gasteiger partial charge is 0.481 e. The second-order valence-electron chi connectivity index (χ2n) is 8.73. The van der Waals surface area contributed by atoms with Gasteiger partial charge in [-0.15, -0.1) is 6.42 Å². The predicted molar refractivity (Wildman–Crippen MR) is 150 cm³/mol. The fraction of sp³-hybridized carbons (Fsp3) is 0.207. The normalized spacial score (nSPS) is 11.7. The third-order valence-corrected chi connectivity index (χ3v) is 6.46. The quantitative estimate of drug-likeness (QED) is 0.145. The molecule has 1 heterocycles. The average molecular weight is 550 g/mol. The smallest absolute Gasteiger partial charge is 0.339 e. The molecule has 1 unspecified atom stereocenters. The summed E-state index contributed by atoms with van der Waals surface area (Å²) in [5, 5.41) is 14.9. The molecule has 9 heteroatoms. The highest BCUT2D eigenvalue weighted by Gasteiger charge is 2.21. The number of aliphatic hydroxyl groups is 1. The molecule has 4 aromatic rings. The zero-order valence-corrected chi connectivity index (χ0v) is 22.5. The summed E-state index contributed by atoms with van der Waals surface area (Å²) in [6.45, 7) is 4.37. The number of ether oxygens (including phenoxy) is 2. The third kappa shape index (κ3) is 5.84. The van der Waals surface area contributed by atoms with Gasteiger partial charge in [0, 0.05) is 16.0 Å². The van der Waals surface area contributed by atoms with Crippen LogP contribution >= 0.6 is 23.2 Å². The number of methoxy groups -OCH3 is 1. The first-order valence-corrected chi connectivity index (χ1v) is 12.5. The number of fused-ring (bicyclic) bond motifs is 1. The first-order chi connectivity index (χ1) is 18.2. The molecular formula is C29H25Cl2N3O4. The number of nitrogens with one attached hydrogen (secondary N) is 1. The Morgan fingerprint density at radius 3 is 2.50 bits per heavy atom. The maximum absolute atomic E-state index is 12.1. The van der Waals surface area contributed by atoms with Crippen LogP contribution in [0.3, 0.4) is 0 Å². The number of aliphatic hydroxyl groups excluding tert-OH is 1. The van der Waals surface area contributed by atoms with Crippen LogP contribution in [-0.2, 0) is 4.74 Å². The molecule has 0 fully saturated rings. The minimum absolute atomic E-state index is 0.0425. The summed E-state index contributed by atoms with van der Waals surface area (Å²) >= 11 is 12.6. The number of rotatable bonds is 8. The summed E-state index contributed by atoms with van der Waals surface area (Å²) in [6.07, 6.45) is 3.96. The molecular weight excluding hydrogens is 525 g/mol. The van der Waals surface area contributed by atoms with Gasteiger partial charge in [-0.1, -0.05) is 67.2 Å². The predicted octanol–water partition coefficient (Wildman–Crippen LogP) is 6.63. The first kappa shape index (κ1) is 27.2. The number of hydrogen-bond donors (Lipinski definition) is 2. The van der Waals surface area contributed by atoms with E-state index in [2.05, 4.69) is 30.1 Å². The maximum atomic E-state index is 12.1. The average Bonchev–Trinajstić information content (AvgIpc) is 2.92. The number of hydrogen-bond acceptors (Lipinski definition) is 7. The molecule has 0 aliphatic heterocycles. The van der Waals surface area contributed by atoms with Crippen molar-refractivity contribution in [2.24, 2.45) is 0 Å². The maximum Gasteiger partial charge on any atom is 0.339 e. The van der Waals surface area contributed by atoms with Gasteiger partial charge < -0.3 is 19.9 Å². The molecule has 1 atom stereocenters. The van der Waals surface area contributed by atoms with E-state index in [1.165, 1.54) is 24.8 Å². The fourth-order valence-corrected chi connectivity index (χ4v) is 4.33. The number of nitrogens with zero attached hydrogens (tertiary/aromatic N) is 2. The van der Waals surface area contributed by atoms with Gasteiger partial charge in [0.05, 0.1) is 34.6 Å². The van der Waals surface area contributed by atoms with Crippen LogP contribution in [0.1, 0.15) is 47.7 Å². The van der Waals surface area contributed by atoms with Gasteiger partial charge in [0.15, 0.2) is 12.1 Å². The van der Waals surface area contributed by atoms with Crippen molar-refractivity contribution in [3.8, 4) is 29.4 Å². The lowest BCUT2D eigenvalue weighted by atomic mass is 9.99. The highest BCUT2D eigenvalue weighted by atomic mass is 35.5. The highest BCUT2D eigenvalue weighted by Crippen LogP contribution is 2.34. The van der Waals surface area contributed by atoms with Gasteiger partial charge in [-0.2, -0.15) is 0 Å². The molecule has 0 aliphatic rings. The van der Waals surface area contributed by atoms with E-state index in [1.54, 1.807) is 12.1 Å². The second kappa shape index (κ2) is 11.7. The second-order valence-corrected chi connectivity index (χ2v) is 9.55. The van der Waals surface area contributed by atoms with Gasteiger partial charge in [-0.25, -0.2) is 14.8 Å². The van der Waals surface area contributed by atoms with Crippen molar-refractivity contribution in [2.45, 2.75) is 26.0 Å². The molecule has 0 amide bonds. The number of halogens is 2. The molecule has 4 rings (SSSR count). The minimum atomic E-state index is -1.38. The third-order valence-electron chi connectivity index (χ3n) is 5.84. The van der Waals surface area contributed by atoms with E-state index in [-0.39, 0.29) is 33.7 Å². The topological polar surface area (TPSA) is 93.6 Å². The number of anilines is 1. The monoisotopic (exact) mass is 549 g/mol. The van der Waals surface area contributed by atoms with E-state index in [0.29, 0.717) is 22.9 Å². The molecule has 0 saturated carbocycles. The Morgan fingerprint density at radius 2 is 1.84 bits per heavy atom. The van der Waals surface area contributed by atoms with Crippen molar-refractivity contribution in [2.75, 3.05) is 19.0 Å². The van der Waals surface area contributed by atoms with Gasteiger partial charge in [-0.3, -0.25) is 0 Å². The van der Waals surface area contributed by atoms with Crippen molar-refractivity contribution in [1.29, 1.82) is 0 Å². The van der Waals surface area contributed by atoms with Gasteiger partial charge in [0.25, 0.3) is 0 Å². The summed E-state index contributed by atoms with van der Waals surface area (Å²) in [5.74, 6) is 2.83. The van der Waals surface area contributed by atoms with Crippen LogP contribution in [0, 0.1) is 12.3 Å². The lowest BCUT2D eigenvalue weighted by Gasteiger charge is -2.18. The summed E-state index contributed by atoms with van der Waals surface area (Å²) < 4.78 is 10.4. The van der Waals surface area contributed by atoms with E-state index in [4.69, 9.17) is 44.1 Å². The van der Waals surface area contributed by atoms with Crippen LogP contribution in [0.15, 0.2) is 54.6 Å². The molecule has 1 aromatic heterocycles. The number of benzene rings is 3. The lowest BCUT2D eigenvalue weighted by molar-refractivity contribution is 0.0601. The van der Waals surface area contributed by atoms with Crippen LogP contribution in [0.4, 0.5) is 5.69 Å². The summed E-state index contributed by atoms with van der Waals surface area (Å²) in [6, 6.07) is 16.3. The Bertz CT molecular complexity index is 1530. The van der Waals surface area contributed by atoms with Gasteiger partial charge in [-0.05, 0) is 41.8 Å². The number of terminal acetylenes is 1. The van der Waals surface area contributed by atoms with Crippen molar-refractivity contribution >= 4 is 45.8 Å². The SMILES string of the molecule is C#CCOc1ccc2nc(C(O)Nc3cc(Cl)cc(C(=O)OC)c3Cl)nc(-c3ccc(C(C)C)cc3)c2c1. The summed E-state index contributed by atoms with van der Waals surface area (Å²) in [7, 11) is 1.24. The summed E-state index contributed by atoms with van der Waals surface area (Å²) in [4.78, 5) is 21.4. The van der Waals surface area contributed by atoms with Crippen LogP contribution in [0.5, 0.6) is 5.75 Å². The van der Waals surface area contributed by atoms with Crippen LogP contribution in [0.25, 0.3) is 22.2 Å². The van der Waals surface area contributed by atoms with Gasteiger partial charge in [0.1, 0.15) is 12.4 Å². The molecule has 0 spiro atoms. The van der Waals surface area contributed by atoms with Crippen LogP contribution in [0.2, 0.25) is 10.0 Å². The van der Waals surface area contributed by atoms with E-state index < -0.39 is 12.2 Å². The number of esters is 1. The van der Waals surface area contributed by atoms with Crippen molar-refractivity contribution in [1.82, 2.24) is 9.97 Å². The van der Waals surface area contributed by atoms with Gasteiger partial charge >= 0.3 is 5.97 Å². The Hall–Kier alpha value is -3.83. The van der Waals surface area contributed by atoms with Crippen molar-refractivity contribution in [3.63, 3.8) is 0 Å². The number of carbonyl (C=O) groups excluding carboxylic acids is 1. The molecule has 0 saturated heterocycles. The summed E-state index contributed by atoms with van der Waals surface area (Å²) in [5.41, 5.74) is 3.47. The molecule has 0 aliphatic carbocycles. The molecule has 2 N–H and O–H groups in total. The van der Waals surface area contributed by atoms with E-state index in [9.17, 15) is 9.90 Å². The Kier molecular flexibility index (Phi) is 8.38. The fourth-order valence-electron chi connectivity index (χ4n) is 3.87. The van der Waals surface area contributed by atoms with Crippen molar-refractivity contribution in [3.05, 3.63) is 81.6 Å². The van der Waals surface area contributed by atoms with Crippen LogP contribution in [-0.4, -0.2) is 34.8 Å². The van der Waals surface area contributed by atoms with Gasteiger partial charge in [0.2, 0.25) is 0 Å². The highest BCUT2D eigenvalue weighted by molar-refractivity contribution is 6.38. The van der Waals surface area contributed by atoms with E-state index >= 15 is 0 Å². The Morgan fingerprint density at radius 1 is 1.11 bits per heavy atom. The van der Waals surface area contributed by atoms with E-state index in [0.717, 1.165) is 10.9 Å². The molecule has 3 aromatic carbocycles. The van der Waals surface area contributed by atoms with Crippen LogP contribution < -0.4 is 10.1 Å². The number of carbonyl (C=O) groups is 1. The Balaban J connectivity index is 1.80. The zero-order valence-electron chi connectivity index (χ0n) is 21.0. The Labute approximate surface area is 230 Å². The molecule has 194 valence electrons. The number of aromatic nitrogens is 2. The molecule has 0 radical (unpaired) electrons. The molecule has 38 heavy (non-hydrogen) atoms. The zero-order chi connectivity index (χ0) is 27.4. The molecule has 0 bridgehead atoms. The lowest BCUT2D eigenvalue weighted by Crippen LogP contribution is -2.15. The van der Waals surface area contributed by atoms with E-state index in [1.807, 2.05) is 30.3 Å². The first-order valence-electron chi connectivity index (χ1n) is 11.7. The minimum Gasteiger partial charge on any atom is -0.481 e. The molecule has 7 nitrogen and oxygen atoms in total. The standard InChI is InChI=1S/C29H25Cl2N3O4/c1-5-12-38-20-10-11-23-21(15-20)26(18-8-6-17(7-9-18)16(2)3)34-27(32-23)28(35)33-24-14-19(30)13-22(25(24)31)29(36)37-4/h1,6-11,13-16,28,33,35H,12H2,2-4H3. The van der Waals surface area contributed by atoms with Crippen molar-refractivity contribution < 1.29 is 19.4 Å².